The minimum absolute atomic E-state index is 0.532. The number of benzene rings is 2. The van der Waals surface area contributed by atoms with Gasteiger partial charge in [0.1, 0.15) is 0 Å². The highest BCUT2D eigenvalue weighted by atomic mass is 16.6. The Morgan fingerprint density at radius 2 is 0.600 bits per heavy atom. The maximum absolute atomic E-state index is 10.1. The number of nitro benzene ring substituents is 2. The summed E-state index contributed by atoms with van der Waals surface area (Å²) in [4.78, 5) is 34.4. The van der Waals surface area contributed by atoms with Gasteiger partial charge in [0, 0.05) is 49.6 Å². The van der Waals surface area contributed by atoms with Crippen molar-refractivity contribution in [1.82, 2.24) is 19.9 Å². The summed E-state index contributed by atoms with van der Waals surface area (Å²) in [5.41, 5.74) is 3.28. The summed E-state index contributed by atoms with van der Waals surface area (Å²) < 4.78 is 0. The molecule has 14 heteroatoms. The number of hydrogen-bond donors (Lipinski definition) is 4. The molecule has 0 spiro atoms. The summed E-state index contributed by atoms with van der Waals surface area (Å²) in [5, 5.41) is 55.7. The van der Waals surface area contributed by atoms with E-state index in [1.54, 1.807) is 49.6 Å². The predicted molar refractivity (Wildman–Crippen MR) is 188 cm³/mol. The molecule has 6 rings (SSSR count). The number of hydrogen-bond acceptors (Lipinski definition) is 12. The van der Waals surface area contributed by atoms with Crippen LogP contribution in [0, 0.1) is 20.2 Å². The monoisotopic (exact) mass is 674 g/mol. The Balaban J connectivity index is 0.000000182. The average Bonchev–Trinajstić information content (AvgIpc) is 3.12. The van der Waals surface area contributed by atoms with E-state index in [-0.39, 0.29) is 0 Å². The number of pyridine rings is 4. The number of nitro groups is 2. The molecule has 0 saturated carbocycles. The van der Waals surface area contributed by atoms with Gasteiger partial charge < -0.3 is 20.4 Å². The van der Waals surface area contributed by atoms with Crippen molar-refractivity contribution in [3.63, 3.8) is 0 Å². The van der Waals surface area contributed by atoms with Gasteiger partial charge in [0.2, 0.25) is 0 Å². The van der Waals surface area contributed by atoms with Crippen LogP contribution < -0.4 is 0 Å². The van der Waals surface area contributed by atoms with Gasteiger partial charge in [-0.3, -0.25) is 40.2 Å². The summed E-state index contributed by atoms with van der Waals surface area (Å²) in [6, 6.07) is 22.9. The molecule has 0 atom stereocenters. The highest BCUT2D eigenvalue weighted by molar-refractivity contribution is 5.69. The molecule has 0 amide bonds. The summed E-state index contributed by atoms with van der Waals surface area (Å²) in [5.74, 6) is -2.13. The molecule has 4 aromatic heterocycles. The zero-order valence-corrected chi connectivity index (χ0v) is 26.1. The second-order valence-corrected chi connectivity index (χ2v) is 9.59. The van der Waals surface area contributed by atoms with E-state index in [1.807, 2.05) is 48.5 Å². The maximum Gasteiger partial charge on any atom is 0.351 e. The molecule has 2 aromatic carbocycles. The van der Waals surface area contributed by atoms with Crippen LogP contribution in [0.1, 0.15) is 22.3 Å². The Morgan fingerprint density at radius 3 is 0.760 bits per heavy atom. The van der Waals surface area contributed by atoms with Crippen molar-refractivity contribution in [2.75, 3.05) is 0 Å². The Hall–Kier alpha value is -7.48. The highest BCUT2D eigenvalue weighted by Crippen LogP contribution is 2.34. The molecule has 0 aliphatic rings. The van der Waals surface area contributed by atoms with Crippen LogP contribution in [-0.2, 0) is 0 Å². The van der Waals surface area contributed by atoms with Crippen molar-refractivity contribution >= 4 is 35.7 Å². The van der Waals surface area contributed by atoms with E-state index in [1.165, 1.54) is 12.1 Å². The topological polar surface area (TPSA) is 219 Å². The molecule has 0 radical (unpaired) electrons. The third kappa shape index (κ3) is 12.7. The maximum atomic E-state index is 10.1. The number of para-hydroxylation sites is 2. The van der Waals surface area contributed by atoms with Crippen molar-refractivity contribution < 1.29 is 30.3 Å². The molecule has 0 aliphatic carbocycles. The Morgan fingerprint density at radius 1 is 0.400 bits per heavy atom. The third-order valence-electron chi connectivity index (χ3n) is 6.11. The van der Waals surface area contributed by atoms with Gasteiger partial charge in [-0.2, -0.15) is 0 Å². The largest absolute Gasteiger partial charge is 0.502 e. The second kappa shape index (κ2) is 19.9. The molecule has 6 aromatic rings. The van der Waals surface area contributed by atoms with Crippen LogP contribution in [0.4, 0.5) is 11.4 Å². The fourth-order valence-electron chi connectivity index (χ4n) is 3.70. The quantitative estimate of drug-likeness (QED) is 0.101. The van der Waals surface area contributed by atoms with E-state index < -0.39 is 44.2 Å². The number of aromatic nitrogens is 4. The lowest BCUT2D eigenvalue weighted by atomic mass is 10.2. The van der Waals surface area contributed by atoms with Crippen molar-refractivity contribution in [3.8, 4) is 23.0 Å². The van der Waals surface area contributed by atoms with E-state index in [4.69, 9.17) is 20.4 Å². The molecule has 0 saturated heterocycles. The predicted octanol–water partition coefficient (Wildman–Crippen LogP) is 7.31. The van der Waals surface area contributed by atoms with Crippen LogP contribution in [-0.4, -0.2) is 50.2 Å². The van der Waals surface area contributed by atoms with E-state index in [9.17, 15) is 20.2 Å². The van der Waals surface area contributed by atoms with E-state index >= 15 is 0 Å². The van der Waals surface area contributed by atoms with Crippen molar-refractivity contribution in [1.29, 1.82) is 0 Å². The lowest BCUT2D eigenvalue weighted by molar-refractivity contribution is -0.387. The van der Waals surface area contributed by atoms with Crippen LogP contribution >= 0.6 is 0 Å². The first-order valence-corrected chi connectivity index (χ1v) is 14.4. The molecular weight excluding hydrogens is 644 g/mol. The Bertz CT molecular complexity index is 1730. The summed E-state index contributed by atoms with van der Waals surface area (Å²) in [6.45, 7) is 0. The number of nitrogens with zero attached hydrogens (tertiary/aromatic N) is 6. The first kappa shape index (κ1) is 37.0. The minimum Gasteiger partial charge on any atom is -0.502 e. The van der Waals surface area contributed by atoms with E-state index in [2.05, 4.69) is 44.2 Å². The van der Waals surface area contributed by atoms with Gasteiger partial charge in [0.15, 0.2) is 23.0 Å². The molecule has 14 nitrogen and oxygen atoms in total. The fraction of sp³-hybridized carbons (Fsp3) is 0. The number of phenolic OH excluding ortho intramolecular Hbond substituents is 4. The molecule has 252 valence electrons. The third-order valence-corrected chi connectivity index (χ3v) is 6.11. The van der Waals surface area contributed by atoms with Crippen LogP contribution in [0.3, 0.4) is 0 Å². The molecular formula is C36H30N6O8. The van der Waals surface area contributed by atoms with E-state index in [0.29, 0.717) is 0 Å². The van der Waals surface area contributed by atoms with Crippen LogP contribution in [0.15, 0.2) is 135 Å². The first-order chi connectivity index (χ1) is 24.2. The molecule has 0 unspecified atom stereocenters. The SMILES string of the molecule is C(=C\c1ccncc1)/c1ccncc1.C(=C\c1ccncc1)/c1ccncc1.O=[N+]([O-])c1c(O)cccc1O.O=[N+]([O-])c1c(O)cccc1O. The van der Waals surface area contributed by atoms with Gasteiger partial charge in [0.25, 0.3) is 0 Å². The van der Waals surface area contributed by atoms with Gasteiger partial charge in [-0.05, 0) is 95.1 Å². The van der Waals surface area contributed by atoms with E-state index in [0.717, 1.165) is 46.5 Å². The standard InChI is InChI=1S/2C12H10N2.2C6H5NO4/c2*1(11-3-7-13-8-4-11)2-12-5-9-14-10-6-12;2*8-4-2-1-3-5(9)6(4)7(10)11/h2*1-10H;2*1-3,8-9H/b2*2-1+;;. The van der Waals surface area contributed by atoms with Gasteiger partial charge in [-0.15, -0.1) is 0 Å². The van der Waals surface area contributed by atoms with Gasteiger partial charge in [-0.25, -0.2) is 0 Å². The summed E-state index contributed by atoms with van der Waals surface area (Å²) in [6.07, 6.45) is 22.5. The zero-order chi connectivity index (χ0) is 36.1. The molecule has 0 fully saturated rings. The van der Waals surface area contributed by atoms with Crippen molar-refractivity contribution in [2.45, 2.75) is 0 Å². The molecule has 0 aliphatic heterocycles. The Labute approximate surface area is 285 Å². The summed E-state index contributed by atoms with van der Waals surface area (Å²) >= 11 is 0. The number of phenols is 4. The minimum atomic E-state index is -0.843. The molecule has 0 bridgehead atoms. The normalized spacial score (nSPS) is 10.1. The summed E-state index contributed by atoms with van der Waals surface area (Å²) in [7, 11) is 0. The zero-order valence-electron chi connectivity index (χ0n) is 26.1. The molecule has 50 heavy (non-hydrogen) atoms. The van der Waals surface area contributed by atoms with Crippen LogP contribution in [0.5, 0.6) is 23.0 Å². The smallest absolute Gasteiger partial charge is 0.351 e. The molecule has 4 N–H and O–H groups in total. The lowest BCUT2D eigenvalue weighted by Gasteiger charge is -1.96. The number of aromatic hydroxyl groups is 4. The Kier molecular flexibility index (Phi) is 14.7. The highest BCUT2D eigenvalue weighted by Gasteiger charge is 2.18. The fourth-order valence-corrected chi connectivity index (χ4v) is 3.70. The van der Waals surface area contributed by atoms with Crippen molar-refractivity contribution in [2.24, 2.45) is 0 Å². The average molecular weight is 675 g/mol. The first-order valence-electron chi connectivity index (χ1n) is 14.4. The van der Waals surface area contributed by atoms with Crippen molar-refractivity contribution in [3.05, 3.63) is 177 Å². The second-order valence-electron chi connectivity index (χ2n) is 9.59. The van der Waals surface area contributed by atoms with Crippen LogP contribution in [0.2, 0.25) is 0 Å². The number of rotatable bonds is 6. The lowest BCUT2D eigenvalue weighted by Crippen LogP contribution is -1.88. The van der Waals surface area contributed by atoms with Gasteiger partial charge in [0.05, 0.1) is 9.85 Å². The molecule has 4 heterocycles. The van der Waals surface area contributed by atoms with Crippen LogP contribution in [0.25, 0.3) is 24.3 Å². The van der Waals surface area contributed by atoms with Gasteiger partial charge in [-0.1, -0.05) is 36.4 Å². The van der Waals surface area contributed by atoms with Gasteiger partial charge >= 0.3 is 11.4 Å².